The number of halogens is 1. The number of thiophene rings is 1. The average Bonchev–Trinajstić information content (AvgIpc) is 2.75. The Morgan fingerprint density at radius 3 is 3.08 bits per heavy atom. The van der Waals surface area contributed by atoms with Crippen molar-refractivity contribution in [2.75, 3.05) is 0 Å². The summed E-state index contributed by atoms with van der Waals surface area (Å²) in [5.74, 6) is 0.708. The standard InChI is InChI=1S/C8H6BrNOS/c9-4-6-5-11-8(10-6)7-2-1-3-12-7/h1-3,5H,4H2. The molecule has 2 aromatic rings. The van der Waals surface area contributed by atoms with Crippen molar-refractivity contribution < 1.29 is 4.42 Å². The average molecular weight is 244 g/mol. The summed E-state index contributed by atoms with van der Waals surface area (Å²) >= 11 is 4.94. The third-order valence-electron chi connectivity index (χ3n) is 1.42. The molecule has 2 heterocycles. The van der Waals surface area contributed by atoms with E-state index >= 15 is 0 Å². The van der Waals surface area contributed by atoms with E-state index in [1.54, 1.807) is 17.6 Å². The minimum atomic E-state index is 0.708. The zero-order valence-electron chi connectivity index (χ0n) is 6.16. The molecule has 2 rings (SSSR count). The molecule has 0 saturated carbocycles. The summed E-state index contributed by atoms with van der Waals surface area (Å²) in [5.41, 5.74) is 0.929. The van der Waals surface area contributed by atoms with Crippen molar-refractivity contribution in [3.05, 3.63) is 29.5 Å². The normalized spacial score (nSPS) is 10.4. The van der Waals surface area contributed by atoms with E-state index in [2.05, 4.69) is 20.9 Å². The number of rotatable bonds is 2. The lowest BCUT2D eigenvalue weighted by Gasteiger charge is -1.84. The second-order valence-corrected chi connectivity index (χ2v) is 3.76. The van der Waals surface area contributed by atoms with Crippen LogP contribution in [0.5, 0.6) is 0 Å². The quantitative estimate of drug-likeness (QED) is 0.757. The summed E-state index contributed by atoms with van der Waals surface area (Å²) in [6.45, 7) is 0. The number of hydrogen-bond donors (Lipinski definition) is 0. The Morgan fingerprint density at radius 2 is 2.50 bits per heavy atom. The fourth-order valence-electron chi connectivity index (χ4n) is 0.882. The van der Waals surface area contributed by atoms with Gasteiger partial charge in [0.15, 0.2) is 0 Å². The van der Waals surface area contributed by atoms with Gasteiger partial charge in [0.1, 0.15) is 6.26 Å². The monoisotopic (exact) mass is 243 g/mol. The van der Waals surface area contributed by atoms with Gasteiger partial charge in [-0.2, -0.15) is 0 Å². The maximum absolute atomic E-state index is 5.27. The summed E-state index contributed by atoms with van der Waals surface area (Å²) < 4.78 is 5.27. The first kappa shape index (κ1) is 8.01. The fraction of sp³-hybridized carbons (Fsp3) is 0.125. The predicted octanol–water partition coefficient (Wildman–Crippen LogP) is 3.30. The van der Waals surface area contributed by atoms with Crippen molar-refractivity contribution in [3.8, 4) is 10.8 Å². The molecule has 4 heteroatoms. The Balaban J connectivity index is 2.35. The smallest absolute Gasteiger partial charge is 0.236 e. The van der Waals surface area contributed by atoms with Crippen molar-refractivity contribution in [3.63, 3.8) is 0 Å². The minimum absolute atomic E-state index is 0.708. The summed E-state index contributed by atoms with van der Waals surface area (Å²) in [6, 6.07) is 3.98. The lowest BCUT2D eigenvalue weighted by atomic mass is 10.5. The molecule has 62 valence electrons. The van der Waals surface area contributed by atoms with E-state index < -0.39 is 0 Å². The number of oxazole rings is 1. The fourth-order valence-corrected chi connectivity index (χ4v) is 1.79. The molecule has 0 aromatic carbocycles. The lowest BCUT2D eigenvalue weighted by molar-refractivity contribution is 0.575. The summed E-state index contributed by atoms with van der Waals surface area (Å²) in [6.07, 6.45) is 1.67. The van der Waals surface area contributed by atoms with Crippen molar-refractivity contribution in [2.24, 2.45) is 0 Å². The van der Waals surface area contributed by atoms with Gasteiger partial charge in [-0.3, -0.25) is 0 Å². The topological polar surface area (TPSA) is 26.0 Å². The third kappa shape index (κ3) is 1.44. The molecule has 2 aromatic heterocycles. The zero-order chi connectivity index (χ0) is 8.39. The van der Waals surface area contributed by atoms with Crippen LogP contribution in [0, 0.1) is 0 Å². The highest BCUT2D eigenvalue weighted by Gasteiger charge is 2.05. The number of nitrogens with zero attached hydrogens (tertiary/aromatic N) is 1. The van der Waals surface area contributed by atoms with E-state index in [-0.39, 0.29) is 0 Å². The molecule has 0 amide bonds. The SMILES string of the molecule is BrCc1coc(-c2cccs2)n1. The molecule has 2 nitrogen and oxygen atoms in total. The Hall–Kier alpha value is -0.610. The van der Waals surface area contributed by atoms with E-state index in [1.165, 1.54) is 0 Å². The molecule has 12 heavy (non-hydrogen) atoms. The van der Waals surface area contributed by atoms with Gasteiger partial charge in [0.2, 0.25) is 5.89 Å². The van der Waals surface area contributed by atoms with Gasteiger partial charge < -0.3 is 4.42 Å². The first-order chi connectivity index (χ1) is 5.90. The van der Waals surface area contributed by atoms with Gasteiger partial charge in [-0.15, -0.1) is 11.3 Å². The molecule has 0 radical (unpaired) electrons. The van der Waals surface area contributed by atoms with Crippen LogP contribution in [0.25, 0.3) is 10.8 Å². The molecule has 0 bridgehead atoms. The molecule has 0 aliphatic carbocycles. The van der Waals surface area contributed by atoms with Gasteiger partial charge in [0, 0.05) is 5.33 Å². The molecule has 0 atom stereocenters. The van der Waals surface area contributed by atoms with Gasteiger partial charge >= 0.3 is 0 Å². The van der Waals surface area contributed by atoms with Crippen LogP contribution in [0.15, 0.2) is 28.2 Å². The van der Waals surface area contributed by atoms with Crippen molar-refractivity contribution in [1.82, 2.24) is 4.98 Å². The molecule has 0 spiro atoms. The highest BCUT2D eigenvalue weighted by Crippen LogP contribution is 2.23. The van der Waals surface area contributed by atoms with Crippen LogP contribution in [-0.4, -0.2) is 4.98 Å². The molecular weight excluding hydrogens is 238 g/mol. The van der Waals surface area contributed by atoms with Crippen LogP contribution in [0.4, 0.5) is 0 Å². The molecule has 0 aliphatic rings. The summed E-state index contributed by atoms with van der Waals surface area (Å²) in [7, 11) is 0. The third-order valence-corrected chi connectivity index (χ3v) is 2.85. The highest BCUT2D eigenvalue weighted by molar-refractivity contribution is 9.08. The first-order valence-electron chi connectivity index (χ1n) is 3.44. The Labute approximate surface area is 82.4 Å². The molecule has 0 aliphatic heterocycles. The second-order valence-electron chi connectivity index (χ2n) is 2.25. The van der Waals surface area contributed by atoms with Gasteiger partial charge in [0.05, 0.1) is 10.6 Å². The first-order valence-corrected chi connectivity index (χ1v) is 5.44. The van der Waals surface area contributed by atoms with Crippen LogP contribution in [0.2, 0.25) is 0 Å². The van der Waals surface area contributed by atoms with Crippen molar-refractivity contribution >= 4 is 27.3 Å². The van der Waals surface area contributed by atoms with E-state index in [1.807, 2.05) is 17.5 Å². The molecule has 0 N–H and O–H groups in total. The Morgan fingerprint density at radius 1 is 1.58 bits per heavy atom. The minimum Gasteiger partial charge on any atom is -0.444 e. The van der Waals surface area contributed by atoms with Crippen LogP contribution in [0.3, 0.4) is 0 Å². The number of hydrogen-bond acceptors (Lipinski definition) is 3. The Kier molecular flexibility index (Phi) is 2.28. The zero-order valence-corrected chi connectivity index (χ0v) is 8.56. The van der Waals surface area contributed by atoms with Gasteiger partial charge in [0.25, 0.3) is 0 Å². The largest absolute Gasteiger partial charge is 0.444 e. The number of aromatic nitrogens is 1. The van der Waals surface area contributed by atoms with Gasteiger partial charge in [-0.1, -0.05) is 22.0 Å². The van der Waals surface area contributed by atoms with Crippen LogP contribution in [0.1, 0.15) is 5.69 Å². The maximum atomic E-state index is 5.27. The Bertz CT molecular complexity index is 355. The summed E-state index contributed by atoms with van der Waals surface area (Å²) in [4.78, 5) is 5.34. The maximum Gasteiger partial charge on any atom is 0.236 e. The number of alkyl halides is 1. The van der Waals surface area contributed by atoms with E-state index in [9.17, 15) is 0 Å². The van der Waals surface area contributed by atoms with E-state index in [4.69, 9.17) is 4.42 Å². The molecule has 0 fully saturated rings. The molecule has 0 saturated heterocycles. The van der Waals surface area contributed by atoms with Gasteiger partial charge in [-0.05, 0) is 11.4 Å². The second kappa shape index (κ2) is 3.41. The predicted molar refractivity (Wildman–Crippen MR) is 52.4 cm³/mol. The summed E-state index contributed by atoms with van der Waals surface area (Å²) in [5, 5.41) is 2.75. The van der Waals surface area contributed by atoms with Crippen molar-refractivity contribution in [1.29, 1.82) is 0 Å². The van der Waals surface area contributed by atoms with Crippen LogP contribution in [-0.2, 0) is 5.33 Å². The van der Waals surface area contributed by atoms with E-state index in [0.717, 1.165) is 15.9 Å². The van der Waals surface area contributed by atoms with E-state index in [0.29, 0.717) is 5.89 Å². The molecular formula is C8H6BrNOS. The van der Waals surface area contributed by atoms with Crippen molar-refractivity contribution in [2.45, 2.75) is 5.33 Å². The van der Waals surface area contributed by atoms with Crippen LogP contribution >= 0.6 is 27.3 Å². The van der Waals surface area contributed by atoms with Crippen LogP contribution < -0.4 is 0 Å². The highest BCUT2D eigenvalue weighted by atomic mass is 79.9. The van der Waals surface area contributed by atoms with Gasteiger partial charge in [-0.25, -0.2) is 4.98 Å². The lowest BCUT2D eigenvalue weighted by Crippen LogP contribution is -1.75. The molecule has 0 unspecified atom stereocenters.